The summed E-state index contributed by atoms with van der Waals surface area (Å²) in [5.41, 5.74) is -0.604. The van der Waals surface area contributed by atoms with Gasteiger partial charge in [-0.1, -0.05) is 12.1 Å². The second-order valence-corrected chi connectivity index (χ2v) is 7.95. The number of sulfone groups is 1. The number of benzene rings is 1. The van der Waals surface area contributed by atoms with Crippen molar-refractivity contribution < 1.29 is 31.4 Å². The Hall–Kier alpha value is -2.13. The van der Waals surface area contributed by atoms with Gasteiger partial charge in [-0.25, -0.2) is 13.4 Å². The molecule has 2 rings (SSSR count). The molecule has 0 aliphatic carbocycles. The van der Waals surface area contributed by atoms with Crippen LogP contribution in [0, 0.1) is 0 Å². The van der Waals surface area contributed by atoms with Crippen LogP contribution in [-0.4, -0.2) is 37.0 Å². The van der Waals surface area contributed by atoms with Crippen LogP contribution in [0.1, 0.15) is 19.4 Å². The van der Waals surface area contributed by atoms with E-state index in [1.807, 2.05) is 0 Å². The zero-order valence-electron chi connectivity index (χ0n) is 14.3. The van der Waals surface area contributed by atoms with E-state index in [0.29, 0.717) is 11.8 Å². The van der Waals surface area contributed by atoms with Gasteiger partial charge in [-0.15, -0.1) is 0 Å². The molecule has 9 heteroatoms. The van der Waals surface area contributed by atoms with Crippen molar-refractivity contribution in [2.75, 3.05) is 6.26 Å². The molecule has 0 spiro atoms. The number of rotatable bonds is 5. The van der Waals surface area contributed by atoms with Gasteiger partial charge in [0.1, 0.15) is 6.10 Å². The monoisotopic (exact) mass is 389 g/mol. The number of ether oxygens (including phenoxy) is 1. The van der Waals surface area contributed by atoms with Crippen LogP contribution in [0.25, 0.3) is 11.1 Å². The first-order valence-corrected chi connectivity index (χ1v) is 9.51. The molecule has 1 aromatic heterocycles. The Morgan fingerprint density at radius 1 is 1.15 bits per heavy atom. The molecule has 0 aliphatic heterocycles. The molecule has 2 aromatic rings. The molecule has 1 heterocycles. The lowest BCUT2D eigenvalue weighted by molar-refractivity contribution is -0.137. The van der Waals surface area contributed by atoms with Gasteiger partial charge in [-0.2, -0.15) is 13.2 Å². The highest BCUT2D eigenvalue weighted by Gasteiger charge is 2.32. The number of nitrogens with zero attached hydrogens (tertiary/aromatic N) is 1. The second kappa shape index (κ2) is 7.24. The quantitative estimate of drug-likeness (QED) is 0.849. The Balaban J connectivity index is 2.55. The molecule has 0 bridgehead atoms. The first-order chi connectivity index (χ1) is 11.9. The Morgan fingerprint density at radius 3 is 2.19 bits per heavy atom. The van der Waals surface area contributed by atoms with Crippen molar-refractivity contribution in [2.24, 2.45) is 0 Å². The Bertz CT molecular complexity index is 878. The predicted octanol–water partition coefficient (Wildman–Crippen LogP) is 3.32. The molecule has 0 aliphatic rings. The SMILES string of the molecule is C[C@@H](O)[C@@H](C)Oc1ncc(C(F)(F)F)cc1-c1ccc(S(C)(=O)=O)cc1. The molecule has 1 aromatic carbocycles. The molecule has 1 N–H and O–H groups in total. The molecule has 2 atom stereocenters. The second-order valence-electron chi connectivity index (χ2n) is 5.93. The van der Waals surface area contributed by atoms with Gasteiger partial charge >= 0.3 is 6.18 Å². The van der Waals surface area contributed by atoms with Crippen molar-refractivity contribution >= 4 is 9.84 Å². The van der Waals surface area contributed by atoms with E-state index >= 15 is 0 Å². The largest absolute Gasteiger partial charge is 0.471 e. The molecular formula is C17H18F3NO4S. The summed E-state index contributed by atoms with van der Waals surface area (Å²) in [5.74, 6) is -0.0847. The number of aromatic nitrogens is 1. The van der Waals surface area contributed by atoms with Gasteiger partial charge in [0, 0.05) is 18.0 Å². The van der Waals surface area contributed by atoms with E-state index in [9.17, 15) is 26.7 Å². The first-order valence-electron chi connectivity index (χ1n) is 7.62. The van der Waals surface area contributed by atoms with E-state index in [4.69, 9.17) is 4.74 Å². The molecule has 0 fully saturated rings. The van der Waals surface area contributed by atoms with Gasteiger partial charge < -0.3 is 9.84 Å². The summed E-state index contributed by atoms with van der Waals surface area (Å²) >= 11 is 0. The maximum atomic E-state index is 13.0. The van der Waals surface area contributed by atoms with Crippen LogP contribution in [-0.2, 0) is 16.0 Å². The van der Waals surface area contributed by atoms with Crippen LogP contribution in [0.5, 0.6) is 5.88 Å². The third-order valence-electron chi connectivity index (χ3n) is 3.75. The fraction of sp³-hybridized carbons (Fsp3) is 0.353. The minimum atomic E-state index is -4.59. The van der Waals surface area contributed by atoms with Crippen LogP contribution < -0.4 is 4.74 Å². The molecule has 0 saturated carbocycles. The highest BCUT2D eigenvalue weighted by Crippen LogP contribution is 2.36. The molecule has 5 nitrogen and oxygen atoms in total. The van der Waals surface area contributed by atoms with E-state index in [-0.39, 0.29) is 16.3 Å². The average Bonchev–Trinajstić information content (AvgIpc) is 2.53. The standard InChI is InChI=1S/C17H18F3NO4S/c1-10(22)11(2)25-16-15(8-13(9-21-16)17(18,19)20)12-4-6-14(7-5-12)26(3,23)24/h4-11,22H,1-3H3/t10-,11-/m1/s1. The highest BCUT2D eigenvalue weighted by atomic mass is 32.2. The van der Waals surface area contributed by atoms with Crippen LogP contribution >= 0.6 is 0 Å². The Kier molecular flexibility index (Phi) is 5.62. The van der Waals surface area contributed by atoms with Crippen LogP contribution in [0.3, 0.4) is 0 Å². The number of halogens is 3. The summed E-state index contributed by atoms with van der Waals surface area (Å²) < 4.78 is 67.6. The summed E-state index contributed by atoms with van der Waals surface area (Å²) in [7, 11) is -3.43. The number of hydrogen-bond acceptors (Lipinski definition) is 5. The number of alkyl halides is 3. The van der Waals surface area contributed by atoms with Crippen molar-refractivity contribution in [2.45, 2.75) is 37.1 Å². The smallest absolute Gasteiger partial charge is 0.417 e. The number of aliphatic hydroxyl groups is 1. The van der Waals surface area contributed by atoms with Gasteiger partial charge in [0.25, 0.3) is 0 Å². The lowest BCUT2D eigenvalue weighted by Crippen LogP contribution is -2.26. The third-order valence-corrected chi connectivity index (χ3v) is 4.88. The third kappa shape index (κ3) is 4.73. The average molecular weight is 389 g/mol. The van der Waals surface area contributed by atoms with Gasteiger partial charge in [-0.05, 0) is 37.6 Å². The number of pyridine rings is 1. The number of hydrogen-bond donors (Lipinski definition) is 1. The van der Waals surface area contributed by atoms with E-state index < -0.39 is 33.8 Å². The van der Waals surface area contributed by atoms with Crippen molar-refractivity contribution in [3.05, 3.63) is 42.1 Å². The van der Waals surface area contributed by atoms with E-state index in [2.05, 4.69) is 4.98 Å². The molecule has 0 amide bonds. The minimum Gasteiger partial charge on any atom is -0.471 e. The van der Waals surface area contributed by atoms with Gasteiger partial charge in [0.2, 0.25) is 5.88 Å². The topological polar surface area (TPSA) is 76.5 Å². The summed E-state index contributed by atoms with van der Waals surface area (Å²) in [5, 5.41) is 9.55. The maximum Gasteiger partial charge on any atom is 0.417 e. The summed E-state index contributed by atoms with van der Waals surface area (Å²) in [4.78, 5) is 3.79. The van der Waals surface area contributed by atoms with E-state index in [0.717, 1.165) is 12.3 Å². The number of aliphatic hydroxyl groups excluding tert-OH is 1. The Morgan fingerprint density at radius 2 is 1.73 bits per heavy atom. The van der Waals surface area contributed by atoms with Gasteiger partial charge in [0.05, 0.1) is 16.6 Å². The molecule has 26 heavy (non-hydrogen) atoms. The van der Waals surface area contributed by atoms with Crippen LogP contribution in [0.4, 0.5) is 13.2 Å². The predicted molar refractivity (Wildman–Crippen MR) is 89.6 cm³/mol. The molecule has 142 valence electrons. The molecule has 0 unspecified atom stereocenters. The summed E-state index contributed by atoms with van der Waals surface area (Å²) in [6.45, 7) is 3.04. The van der Waals surface area contributed by atoms with Crippen molar-refractivity contribution in [1.29, 1.82) is 0 Å². The Labute approximate surface area is 149 Å². The summed E-state index contributed by atoms with van der Waals surface area (Å²) in [6, 6.07) is 6.24. The van der Waals surface area contributed by atoms with E-state index in [1.165, 1.54) is 31.2 Å². The minimum absolute atomic E-state index is 0.0426. The lowest BCUT2D eigenvalue weighted by Gasteiger charge is -2.19. The highest BCUT2D eigenvalue weighted by molar-refractivity contribution is 7.90. The zero-order valence-corrected chi connectivity index (χ0v) is 15.1. The van der Waals surface area contributed by atoms with Crippen LogP contribution in [0.15, 0.2) is 41.4 Å². The first kappa shape index (κ1) is 20.2. The molecule has 0 saturated heterocycles. The van der Waals surface area contributed by atoms with Gasteiger partial charge in [0.15, 0.2) is 9.84 Å². The van der Waals surface area contributed by atoms with E-state index in [1.54, 1.807) is 6.92 Å². The van der Waals surface area contributed by atoms with Gasteiger partial charge in [-0.3, -0.25) is 0 Å². The lowest BCUT2D eigenvalue weighted by atomic mass is 10.0. The van der Waals surface area contributed by atoms with Crippen molar-refractivity contribution in [1.82, 2.24) is 4.98 Å². The van der Waals surface area contributed by atoms with Crippen molar-refractivity contribution in [3.63, 3.8) is 0 Å². The fourth-order valence-corrected chi connectivity index (χ4v) is 2.69. The zero-order chi connectivity index (χ0) is 19.7. The molecular weight excluding hydrogens is 371 g/mol. The normalized spacial score (nSPS) is 14.7. The fourth-order valence-electron chi connectivity index (χ4n) is 2.06. The van der Waals surface area contributed by atoms with Crippen LogP contribution in [0.2, 0.25) is 0 Å². The summed E-state index contributed by atoms with van der Waals surface area (Å²) in [6.07, 6.45) is -4.47. The molecule has 0 radical (unpaired) electrons. The maximum absolute atomic E-state index is 13.0. The van der Waals surface area contributed by atoms with Crippen molar-refractivity contribution in [3.8, 4) is 17.0 Å².